The van der Waals surface area contributed by atoms with Gasteiger partial charge in [-0.25, -0.2) is 16.8 Å². The Hall–Kier alpha value is -0.670. The first-order valence-electron chi connectivity index (χ1n) is 5.41. The van der Waals surface area contributed by atoms with Crippen LogP contribution in [-0.2, 0) is 29.4 Å². The number of ether oxygens (including phenoxy) is 1. The standard InChI is InChI=1S/C9H17NO6S2/c1-10(7-9(11)16-2)18(14,15)8-3-5-17(12,13)6-4-8/h8H,3-7H2,1-2H3. The van der Waals surface area contributed by atoms with Gasteiger partial charge in [0.2, 0.25) is 10.0 Å². The fraction of sp³-hybridized carbons (Fsp3) is 0.889. The number of carbonyl (C=O) groups is 1. The second-order valence-electron chi connectivity index (χ2n) is 4.23. The number of methoxy groups -OCH3 is 1. The number of nitrogens with zero attached hydrogens (tertiary/aromatic N) is 1. The van der Waals surface area contributed by atoms with Gasteiger partial charge < -0.3 is 4.74 Å². The Bertz CT molecular complexity index is 495. The molecule has 0 spiro atoms. The molecule has 1 aliphatic heterocycles. The van der Waals surface area contributed by atoms with E-state index in [-0.39, 0.29) is 30.9 Å². The van der Waals surface area contributed by atoms with E-state index in [9.17, 15) is 21.6 Å². The molecule has 9 heteroatoms. The average molecular weight is 299 g/mol. The van der Waals surface area contributed by atoms with Crippen LogP contribution in [0.2, 0.25) is 0 Å². The summed E-state index contributed by atoms with van der Waals surface area (Å²) in [5.41, 5.74) is 0. The van der Waals surface area contributed by atoms with Crippen molar-refractivity contribution in [2.24, 2.45) is 0 Å². The molecule has 106 valence electrons. The lowest BCUT2D eigenvalue weighted by molar-refractivity contribution is -0.140. The third kappa shape index (κ3) is 3.66. The molecule has 0 aromatic heterocycles. The highest BCUT2D eigenvalue weighted by Gasteiger charge is 2.35. The molecule has 0 radical (unpaired) electrons. The Balaban J connectivity index is 2.73. The molecule has 0 aromatic carbocycles. The van der Waals surface area contributed by atoms with E-state index in [0.717, 1.165) is 4.31 Å². The van der Waals surface area contributed by atoms with Crippen LogP contribution in [0.3, 0.4) is 0 Å². The van der Waals surface area contributed by atoms with Crippen molar-refractivity contribution < 1.29 is 26.4 Å². The molecule has 0 N–H and O–H groups in total. The van der Waals surface area contributed by atoms with E-state index in [1.54, 1.807) is 0 Å². The molecular formula is C9H17NO6S2. The molecule has 0 aliphatic carbocycles. The van der Waals surface area contributed by atoms with Crippen molar-refractivity contribution in [2.75, 3.05) is 32.2 Å². The quantitative estimate of drug-likeness (QED) is 0.617. The fourth-order valence-corrected chi connectivity index (χ4v) is 5.17. The van der Waals surface area contributed by atoms with E-state index in [4.69, 9.17) is 0 Å². The van der Waals surface area contributed by atoms with Crippen LogP contribution < -0.4 is 0 Å². The largest absolute Gasteiger partial charge is 0.468 e. The second-order valence-corrected chi connectivity index (χ2v) is 8.85. The van der Waals surface area contributed by atoms with Crippen molar-refractivity contribution in [1.29, 1.82) is 0 Å². The number of hydrogen-bond acceptors (Lipinski definition) is 6. The zero-order valence-electron chi connectivity index (χ0n) is 10.3. The summed E-state index contributed by atoms with van der Waals surface area (Å²) in [5, 5.41) is -0.740. The molecule has 1 heterocycles. The van der Waals surface area contributed by atoms with Crippen molar-refractivity contribution in [2.45, 2.75) is 18.1 Å². The highest BCUT2D eigenvalue weighted by molar-refractivity contribution is 7.92. The fourth-order valence-electron chi connectivity index (χ4n) is 1.76. The van der Waals surface area contributed by atoms with Crippen LogP contribution in [0.15, 0.2) is 0 Å². The molecule has 0 atom stereocenters. The Morgan fingerprint density at radius 2 is 1.83 bits per heavy atom. The Morgan fingerprint density at radius 1 is 1.33 bits per heavy atom. The summed E-state index contributed by atoms with van der Waals surface area (Å²) in [6, 6.07) is 0. The lowest BCUT2D eigenvalue weighted by Crippen LogP contribution is -2.42. The molecule has 0 bridgehead atoms. The summed E-state index contributed by atoms with van der Waals surface area (Å²) >= 11 is 0. The van der Waals surface area contributed by atoms with E-state index in [1.165, 1.54) is 14.2 Å². The molecular weight excluding hydrogens is 282 g/mol. The summed E-state index contributed by atoms with van der Waals surface area (Å²) in [5.74, 6) is -0.893. The number of likely N-dealkylation sites (N-methyl/N-ethyl adjacent to an activating group) is 1. The maximum absolute atomic E-state index is 12.1. The number of sulfone groups is 1. The van der Waals surface area contributed by atoms with E-state index >= 15 is 0 Å². The van der Waals surface area contributed by atoms with Crippen molar-refractivity contribution in [3.8, 4) is 0 Å². The molecule has 1 aliphatic rings. The lowest BCUT2D eigenvalue weighted by Gasteiger charge is -2.26. The van der Waals surface area contributed by atoms with Crippen molar-refractivity contribution in [1.82, 2.24) is 4.31 Å². The van der Waals surface area contributed by atoms with Gasteiger partial charge in [-0.3, -0.25) is 4.79 Å². The van der Waals surface area contributed by atoms with Gasteiger partial charge in [-0.1, -0.05) is 0 Å². The summed E-state index contributed by atoms with van der Waals surface area (Å²) in [6.45, 7) is -0.359. The normalized spacial score (nSPS) is 20.8. The Kier molecular flexibility index (Phi) is 4.73. The highest BCUT2D eigenvalue weighted by atomic mass is 32.2. The molecule has 0 aromatic rings. The lowest BCUT2D eigenvalue weighted by atomic mass is 10.2. The van der Waals surface area contributed by atoms with Crippen LogP contribution in [-0.4, -0.2) is 64.6 Å². The average Bonchev–Trinajstić information content (AvgIpc) is 2.28. The molecule has 0 saturated carbocycles. The maximum atomic E-state index is 12.1. The van der Waals surface area contributed by atoms with Gasteiger partial charge >= 0.3 is 5.97 Å². The molecule has 7 nitrogen and oxygen atoms in total. The minimum absolute atomic E-state index is 0.0795. The van der Waals surface area contributed by atoms with Crippen LogP contribution in [0.25, 0.3) is 0 Å². The van der Waals surface area contributed by atoms with Crippen LogP contribution in [0.4, 0.5) is 0 Å². The van der Waals surface area contributed by atoms with Gasteiger partial charge in [0, 0.05) is 7.05 Å². The predicted octanol–water partition coefficient (Wildman–Crippen LogP) is -1.00. The molecule has 0 amide bonds. The van der Waals surface area contributed by atoms with Crippen molar-refractivity contribution in [3.05, 3.63) is 0 Å². The number of esters is 1. The van der Waals surface area contributed by atoms with Gasteiger partial charge in [-0.2, -0.15) is 4.31 Å². The minimum Gasteiger partial charge on any atom is -0.468 e. The van der Waals surface area contributed by atoms with E-state index in [1.807, 2.05) is 0 Å². The molecule has 0 unspecified atom stereocenters. The van der Waals surface area contributed by atoms with Gasteiger partial charge in [-0.05, 0) is 12.8 Å². The third-order valence-electron chi connectivity index (χ3n) is 2.94. The van der Waals surface area contributed by atoms with Gasteiger partial charge in [0.1, 0.15) is 16.4 Å². The molecule has 18 heavy (non-hydrogen) atoms. The monoisotopic (exact) mass is 299 g/mol. The topological polar surface area (TPSA) is 97.8 Å². The van der Waals surface area contributed by atoms with Gasteiger partial charge in [0.25, 0.3) is 0 Å². The summed E-state index contributed by atoms with van der Waals surface area (Å²) < 4.78 is 51.9. The van der Waals surface area contributed by atoms with E-state index in [2.05, 4.69) is 4.74 Å². The number of sulfonamides is 1. The van der Waals surface area contributed by atoms with Crippen LogP contribution in [0.5, 0.6) is 0 Å². The predicted molar refractivity (Wildman–Crippen MR) is 65.2 cm³/mol. The second kappa shape index (κ2) is 5.54. The number of rotatable bonds is 4. The van der Waals surface area contributed by atoms with Crippen molar-refractivity contribution in [3.63, 3.8) is 0 Å². The molecule has 1 fully saturated rings. The number of hydrogen-bond donors (Lipinski definition) is 0. The van der Waals surface area contributed by atoms with Gasteiger partial charge in [0.15, 0.2) is 0 Å². The summed E-state index contributed by atoms with van der Waals surface area (Å²) in [7, 11) is -4.29. The maximum Gasteiger partial charge on any atom is 0.320 e. The van der Waals surface area contributed by atoms with Crippen LogP contribution in [0, 0.1) is 0 Å². The van der Waals surface area contributed by atoms with E-state index in [0.29, 0.717) is 0 Å². The smallest absolute Gasteiger partial charge is 0.320 e. The Labute approximate surface area is 107 Å². The SMILES string of the molecule is COC(=O)CN(C)S(=O)(=O)C1CCS(=O)(=O)CC1. The Morgan fingerprint density at radius 3 is 2.28 bits per heavy atom. The van der Waals surface area contributed by atoms with Crippen LogP contribution >= 0.6 is 0 Å². The summed E-state index contributed by atoms with van der Waals surface area (Å²) in [4.78, 5) is 11.0. The van der Waals surface area contributed by atoms with E-state index < -0.39 is 31.1 Å². The minimum atomic E-state index is -3.65. The zero-order valence-corrected chi connectivity index (χ0v) is 12.0. The van der Waals surface area contributed by atoms with Crippen molar-refractivity contribution >= 4 is 25.8 Å². The highest BCUT2D eigenvalue weighted by Crippen LogP contribution is 2.21. The zero-order chi connectivity index (χ0) is 14.0. The first kappa shape index (κ1) is 15.4. The van der Waals surface area contributed by atoms with Crippen LogP contribution in [0.1, 0.15) is 12.8 Å². The van der Waals surface area contributed by atoms with Gasteiger partial charge in [0.05, 0.1) is 23.9 Å². The first-order chi connectivity index (χ1) is 8.19. The molecule has 1 rings (SSSR count). The number of carbonyl (C=O) groups excluding carboxylic acids is 1. The third-order valence-corrected chi connectivity index (χ3v) is 6.96. The summed E-state index contributed by atoms with van der Waals surface area (Å²) in [6.07, 6.45) is 0.159. The first-order valence-corrected chi connectivity index (χ1v) is 8.74. The molecule has 1 saturated heterocycles. The van der Waals surface area contributed by atoms with Gasteiger partial charge in [-0.15, -0.1) is 0 Å².